The molecule has 0 spiro atoms. The van der Waals surface area contributed by atoms with Gasteiger partial charge in [0.2, 0.25) is 0 Å². The van der Waals surface area contributed by atoms with Crippen LogP contribution in [0.2, 0.25) is 0 Å². The zero-order chi connectivity index (χ0) is 20.4. The molecule has 0 radical (unpaired) electrons. The Morgan fingerprint density at radius 2 is 0.517 bits per heavy atom. The van der Waals surface area contributed by atoms with E-state index in [4.69, 9.17) is 0 Å². The van der Waals surface area contributed by atoms with Gasteiger partial charge in [-0.1, -0.05) is 0 Å². The molecule has 0 aliphatic carbocycles. The fourth-order valence-corrected chi connectivity index (χ4v) is 7.62. The van der Waals surface area contributed by atoms with Gasteiger partial charge in [-0.25, -0.2) is 0 Å². The molecular weight excluding hydrogens is 449 g/mol. The Hall–Kier alpha value is -1.50. The molecule has 0 N–H and O–H groups in total. The Kier molecular flexibility index (Phi) is 6.52. The minimum absolute atomic E-state index is 1.38. The fourth-order valence-electron chi connectivity index (χ4n) is 2.87. The van der Waals surface area contributed by atoms with Crippen molar-refractivity contribution in [2.75, 3.05) is 0 Å². The van der Waals surface area contributed by atoms with Gasteiger partial charge in [0.25, 0.3) is 0 Å². The van der Waals surface area contributed by atoms with Gasteiger partial charge >= 0.3 is 0 Å². The van der Waals surface area contributed by atoms with Crippen LogP contribution in [0.15, 0.2) is 60.7 Å². The summed E-state index contributed by atoms with van der Waals surface area (Å²) in [4.78, 5) is 13.8. The zero-order valence-electron chi connectivity index (χ0n) is 16.8. The maximum Gasteiger partial charge on any atom is 0.0449 e. The highest BCUT2D eigenvalue weighted by Gasteiger charge is 2.08. The summed E-state index contributed by atoms with van der Waals surface area (Å²) in [6.07, 6.45) is 0. The van der Waals surface area contributed by atoms with Crippen LogP contribution in [0.25, 0.3) is 29.3 Å². The number of thiophene rings is 5. The van der Waals surface area contributed by atoms with Crippen LogP contribution >= 0.6 is 56.7 Å². The maximum absolute atomic E-state index is 2.24. The largest absolute Gasteiger partial charge is 0.140 e. The van der Waals surface area contributed by atoms with E-state index in [0.29, 0.717) is 0 Å². The van der Waals surface area contributed by atoms with E-state index in [-0.39, 0.29) is 0 Å². The Morgan fingerprint density at radius 1 is 0.310 bits per heavy atom. The average molecular weight is 471 g/mol. The van der Waals surface area contributed by atoms with Gasteiger partial charge in [-0.2, -0.15) is 0 Å². The molecule has 5 heteroatoms. The third kappa shape index (κ3) is 5.16. The lowest BCUT2D eigenvalue weighted by Crippen LogP contribution is -1.57. The SMILES string of the molecule is Cc1ccc(-c2ccc(-c3ccc(C)s3)s2)s1.Cc1ccc(-c2ccc(C)s2)s1. The Morgan fingerprint density at radius 3 is 0.724 bits per heavy atom. The van der Waals surface area contributed by atoms with Crippen molar-refractivity contribution in [3.63, 3.8) is 0 Å². The second-order valence-corrected chi connectivity index (χ2v) is 13.0. The molecule has 0 bridgehead atoms. The molecule has 0 amide bonds. The first-order chi connectivity index (χ1) is 14.0. The van der Waals surface area contributed by atoms with E-state index < -0.39 is 0 Å². The number of hydrogen-bond acceptors (Lipinski definition) is 5. The third-order valence-electron chi connectivity index (χ3n) is 4.30. The van der Waals surface area contributed by atoms with Gasteiger partial charge in [0.15, 0.2) is 0 Å². The van der Waals surface area contributed by atoms with Gasteiger partial charge in [0.1, 0.15) is 0 Å². The molecular formula is C24H22S5. The molecule has 0 atom stereocenters. The molecule has 5 aromatic rings. The predicted molar refractivity (Wildman–Crippen MR) is 138 cm³/mol. The van der Waals surface area contributed by atoms with Crippen LogP contribution < -0.4 is 0 Å². The van der Waals surface area contributed by atoms with E-state index in [1.54, 1.807) is 0 Å². The molecule has 148 valence electrons. The van der Waals surface area contributed by atoms with Crippen molar-refractivity contribution < 1.29 is 0 Å². The summed E-state index contributed by atoms with van der Waals surface area (Å²) in [6, 6.07) is 22.0. The van der Waals surface area contributed by atoms with E-state index >= 15 is 0 Å². The lowest BCUT2D eigenvalue weighted by Gasteiger charge is -1.90. The molecule has 29 heavy (non-hydrogen) atoms. The molecule has 0 aliphatic heterocycles. The first-order valence-electron chi connectivity index (χ1n) is 9.34. The Balaban J connectivity index is 0.000000150. The summed E-state index contributed by atoms with van der Waals surface area (Å²) in [7, 11) is 0. The summed E-state index contributed by atoms with van der Waals surface area (Å²) >= 11 is 9.35. The van der Waals surface area contributed by atoms with Gasteiger partial charge < -0.3 is 0 Å². The topological polar surface area (TPSA) is 0 Å². The second kappa shape index (κ2) is 9.11. The van der Waals surface area contributed by atoms with Gasteiger partial charge in [-0.15, -0.1) is 56.7 Å². The monoisotopic (exact) mass is 470 g/mol. The lowest BCUT2D eigenvalue weighted by molar-refractivity contribution is 1.64. The van der Waals surface area contributed by atoms with Crippen molar-refractivity contribution in [2.24, 2.45) is 0 Å². The van der Waals surface area contributed by atoms with Crippen LogP contribution in [-0.4, -0.2) is 0 Å². The normalized spacial score (nSPS) is 10.8. The Bertz CT molecular complexity index is 1110. The molecule has 0 saturated heterocycles. The summed E-state index contributed by atoms with van der Waals surface area (Å²) < 4.78 is 0. The van der Waals surface area contributed by atoms with E-state index in [1.165, 1.54) is 48.8 Å². The number of hydrogen-bond donors (Lipinski definition) is 0. The van der Waals surface area contributed by atoms with Crippen LogP contribution in [0.4, 0.5) is 0 Å². The van der Waals surface area contributed by atoms with Gasteiger partial charge in [-0.3, -0.25) is 0 Å². The van der Waals surface area contributed by atoms with Gasteiger partial charge in [0, 0.05) is 48.8 Å². The smallest absolute Gasteiger partial charge is 0.0449 e. The highest BCUT2D eigenvalue weighted by Crippen LogP contribution is 2.39. The highest BCUT2D eigenvalue weighted by atomic mass is 32.1. The molecule has 0 aliphatic rings. The molecule has 0 nitrogen and oxygen atoms in total. The van der Waals surface area contributed by atoms with Crippen LogP contribution in [-0.2, 0) is 0 Å². The fraction of sp³-hybridized carbons (Fsp3) is 0.167. The molecule has 5 rings (SSSR count). The van der Waals surface area contributed by atoms with E-state index in [0.717, 1.165) is 0 Å². The van der Waals surface area contributed by atoms with Crippen molar-refractivity contribution in [3.05, 3.63) is 80.2 Å². The maximum atomic E-state index is 2.24. The lowest BCUT2D eigenvalue weighted by atomic mass is 10.3. The minimum Gasteiger partial charge on any atom is -0.140 e. The predicted octanol–water partition coefficient (Wildman–Crippen LogP) is 9.92. The van der Waals surface area contributed by atoms with Crippen LogP contribution in [0.3, 0.4) is 0 Å². The first kappa shape index (κ1) is 20.8. The molecule has 0 fully saturated rings. The minimum atomic E-state index is 1.38. The quantitative estimate of drug-likeness (QED) is 0.246. The molecule has 5 heterocycles. The number of rotatable bonds is 3. The summed E-state index contributed by atoms with van der Waals surface area (Å²) in [5, 5.41) is 0. The summed E-state index contributed by atoms with van der Waals surface area (Å²) in [5.74, 6) is 0. The van der Waals surface area contributed by atoms with Crippen LogP contribution in [0, 0.1) is 27.7 Å². The third-order valence-corrected chi connectivity index (χ3v) is 9.97. The van der Waals surface area contributed by atoms with Crippen molar-refractivity contribution >= 4 is 56.7 Å². The van der Waals surface area contributed by atoms with Crippen LogP contribution in [0.1, 0.15) is 19.5 Å². The highest BCUT2D eigenvalue weighted by molar-refractivity contribution is 7.26. The molecule has 0 aromatic carbocycles. The van der Waals surface area contributed by atoms with Gasteiger partial charge in [-0.05, 0) is 88.4 Å². The standard InChI is InChI=1S/C14H12S3.C10H10S2/c1-9-3-5-11(15-9)13-7-8-14(17-13)12-6-4-10(2)16-12;1-7-3-5-9(11-7)10-6-4-8(2)12-10/h3-8H,1-2H3;3-6H,1-2H3. The van der Waals surface area contributed by atoms with Crippen molar-refractivity contribution in [2.45, 2.75) is 27.7 Å². The summed E-state index contributed by atoms with van der Waals surface area (Å²) in [5.41, 5.74) is 0. The molecule has 0 saturated carbocycles. The molecule has 0 unspecified atom stereocenters. The van der Waals surface area contributed by atoms with E-state index in [9.17, 15) is 0 Å². The Labute approximate surface area is 192 Å². The van der Waals surface area contributed by atoms with Crippen molar-refractivity contribution in [1.29, 1.82) is 0 Å². The first-order valence-corrected chi connectivity index (χ1v) is 13.4. The molecule has 5 aromatic heterocycles. The van der Waals surface area contributed by atoms with Crippen molar-refractivity contribution in [3.8, 4) is 29.3 Å². The van der Waals surface area contributed by atoms with Crippen molar-refractivity contribution in [1.82, 2.24) is 0 Å². The van der Waals surface area contributed by atoms with E-state index in [1.807, 2.05) is 56.7 Å². The average Bonchev–Trinajstić information content (AvgIpc) is 3.46. The zero-order valence-corrected chi connectivity index (χ0v) is 20.9. The van der Waals surface area contributed by atoms with E-state index in [2.05, 4.69) is 88.4 Å². The second-order valence-electron chi connectivity index (χ2n) is 6.81. The number of aryl methyl sites for hydroxylation is 4. The van der Waals surface area contributed by atoms with Crippen LogP contribution in [0.5, 0.6) is 0 Å². The van der Waals surface area contributed by atoms with Gasteiger partial charge in [0.05, 0.1) is 0 Å². The summed E-state index contributed by atoms with van der Waals surface area (Å²) in [6.45, 7) is 8.61.